The van der Waals surface area contributed by atoms with Gasteiger partial charge in [-0.15, -0.1) is 0 Å². The highest BCUT2D eigenvalue weighted by atomic mass is 16.5. The Bertz CT molecular complexity index is 470. The van der Waals surface area contributed by atoms with E-state index in [9.17, 15) is 4.79 Å². The Hall–Kier alpha value is -1.88. The minimum atomic E-state index is -0.372. The molecule has 1 N–H and O–H groups in total. The summed E-state index contributed by atoms with van der Waals surface area (Å²) in [7, 11) is 1.35. The highest BCUT2D eigenvalue weighted by molar-refractivity contribution is 5.89. The van der Waals surface area contributed by atoms with Gasteiger partial charge in [0.1, 0.15) is 0 Å². The molecule has 2 rings (SSSR count). The Morgan fingerprint density at radius 1 is 1.56 bits per heavy atom. The van der Waals surface area contributed by atoms with E-state index in [-0.39, 0.29) is 12.1 Å². The molecule has 0 amide bonds. The van der Waals surface area contributed by atoms with E-state index >= 15 is 0 Å². The summed E-state index contributed by atoms with van der Waals surface area (Å²) in [6.07, 6.45) is 1.01. The van der Waals surface area contributed by atoms with Crippen molar-refractivity contribution in [1.82, 2.24) is 0 Å². The van der Waals surface area contributed by atoms with Gasteiger partial charge in [0.15, 0.2) is 0 Å². The molecule has 0 radical (unpaired) electrons. The van der Waals surface area contributed by atoms with Crippen molar-refractivity contribution in [2.24, 2.45) is 5.16 Å². The van der Waals surface area contributed by atoms with E-state index < -0.39 is 0 Å². The van der Waals surface area contributed by atoms with E-state index in [4.69, 9.17) is 9.94 Å². The van der Waals surface area contributed by atoms with Gasteiger partial charge in [-0.25, -0.2) is 4.79 Å². The first kappa shape index (κ1) is 12.6. The third-order valence-electron chi connectivity index (χ3n) is 2.95. The van der Waals surface area contributed by atoms with Crippen LogP contribution in [-0.2, 0) is 9.47 Å². The highest BCUT2D eigenvalue weighted by Crippen LogP contribution is 2.27. The fourth-order valence-electron chi connectivity index (χ4n) is 1.98. The lowest BCUT2D eigenvalue weighted by Gasteiger charge is -2.23. The van der Waals surface area contributed by atoms with Crippen LogP contribution in [0.2, 0.25) is 0 Å². The molecule has 96 valence electrons. The molecule has 0 bridgehead atoms. The number of rotatable bonds is 2. The molecule has 1 aliphatic rings. The molecule has 1 heterocycles. The Labute approximate surface area is 105 Å². The van der Waals surface area contributed by atoms with Crippen molar-refractivity contribution >= 4 is 11.7 Å². The molecule has 1 atom stereocenters. The number of esters is 1. The Balaban J connectivity index is 2.20. The molecule has 0 saturated carbocycles. The molecule has 18 heavy (non-hydrogen) atoms. The molecule has 0 aromatic heterocycles. The maximum Gasteiger partial charge on any atom is 0.337 e. The van der Waals surface area contributed by atoms with Crippen molar-refractivity contribution in [2.45, 2.75) is 18.9 Å². The standard InChI is InChI=1S/C13H15NO4/c1-17-13(15)10-4-2-3-9(7-10)12-8-11(14-16)5-6-18-12/h2-4,7,12,16H,5-6,8H2,1H3/b14-11-/t12-/m1/s1. The zero-order valence-corrected chi connectivity index (χ0v) is 10.1. The summed E-state index contributed by atoms with van der Waals surface area (Å²) in [6.45, 7) is 0.520. The van der Waals surface area contributed by atoms with Gasteiger partial charge in [-0.2, -0.15) is 0 Å². The maximum absolute atomic E-state index is 11.4. The van der Waals surface area contributed by atoms with Crippen LogP contribution in [0, 0.1) is 0 Å². The lowest BCUT2D eigenvalue weighted by atomic mass is 9.98. The lowest BCUT2D eigenvalue weighted by molar-refractivity contribution is 0.0478. The Kier molecular flexibility index (Phi) is 3.94. The van der Waals surface area contributed by atoms with Crippen molar-refractivity contribution in [3.63, 3.8) is 0 Å². The number of hydrogen-bond donors (Lipinski definition) is 1. The first-order chi connectivity index (χ1) is 8.74. The Morgan fingerprint density at radius 2 is 2.39 bits per heavy atom. The van der Waals surface area contributed by atoms with Crippen LogP contribution >= 0.6 is 0 Å². The lowest BCUT2D eigenvalue weighted by Crippen LogP contribution is -2.20. The van der Waals surface area contributed by atoms with Crippen molar-refractivity contribution in [1.29, 1.82) is 0 Å². The first-order valence-corrected chi connectivity index (χ1v) is 5.74. The third kappa shape index (κ3) is 2.68. The summed E-state index contributed by atoms with van der Waals surface area (Å²) in [5.74, 6) is -0.372. The summed E-state index contributed by atoms with van der Waals surface area (Å²) in [5.41, 5.74) is 2.10. The van der Waals surface area contributed by atoms with E-state index in [2.05, 4.69) is 9.89 Å². The Morgan fingerprint density at radius 3 is 3.11 bits per heavy atom. The monoisotopic (exact) mass is 249 g/mol. The van der Waals surface area contributed by atoms with Crippen molar-refractivity contribution in [3.05, 3.63) is 35.4 Å². The fraction of sp³-hybridized carbons (Fsp3) is 0.385. The summed E-state index contributed by atoms with van der Waals surface area (Å²) in [6, 6.07) is 7.11. The average Bonchev–Trinajstić information content (AvgIpc) is 2.46. The number of benzene rings is 1. The largest absolute Gasteiger partial charge is 0.465 e. The van der Waals surface area contributed by atoms with Crippen LogP contribution < -0.4 is 0 Å². The molecular formula is C13H15NO4. The van der Waals surface area contributed by atoms with Crippen LogP contribution in [0.3, 0.4) is 0 Å². The van der Waals surface area contributed by atoms with E-state index in [0.717, 1.165) is 11.3 Å². The van der Waals surface area contributed by atoms with Crippen LogP contribution in [0.25, 0.3) is 0 Å². The van der Waals surface area contributed by atoms with Crippen molar-refractivity contribution in [2.75, 3.05) is 13.7 Å². The number of carbonyl (C=O) groups excluding carboxylic acids is 1. The van der Waals surface area contributed by atoms with E-state index in [1.54, 1.807) is 18.2 Å². The number of oxime groups is 1. The maximum atomic E-state index is 11.4. The number of carbonyl (C=O) groups is 1. The summed E-state index contributed by atoms with van der Waals surface area (Å²) >= 11 is 0. The summed E-state index contributed by atoms with van der Waals surface area (Å²) in [4.78, 5) is 11.4. The minimum Gasteiger partial charge on any atom is -0.465 e. The number of hydrogen-bond acceptors (Lipinski definition) is 5. The number of nitrogens with zero attached hydrogens (tertiary/aromatic N) is 1. The molecule has 0 unspecified atom stereocenters. The van der Waals surface area contributed by atoms with Crippen molar-refractivity contribution < 1.29 is 19.5 Å². The molecule has 1 fully saturated rings. The normalized spacial score (nSPS) is 21.8. The van der Waals surface area contributed by atoms with Gasteiger partial charge in [0.25, 0.3) is 0 Å². The average molecular weight is 249 g/mol. The molecule has 1 aliphatic heterocycles. The van der Waals surface area contributed by atoms with Gasteiger partial charge in [-0.3, -0.25) is 0 Å². The molecule has 1 aromatic carbocycles. The second-order valence-corrected chi connectivity index (χ2v) is 4.10. The topological polar surface area (TPSA) is 68.1 Å². The zero-order chi connectivity index (χ0) is 13.0. The van der Waals surface area contributed by atoms with Gasteiger partial charge < -0.3 is 14.7 Å². The second kappa shape index (κ2) is 5.64. The molecule has 1 aromatic rings. The van der Waals surface area contributed by atoms with E-state index in [1.807, 2.05) is 6.07 Å². The third-order valence-corrected chi connectivity index (χ3v) is 2.95. The zero-order valence-electron chi connectivity index (χ0n) is 10.1. The molecule has 5 heteroatoms. The van der Waals surface area contributed by atoms with Gasteiger partial charge >= 0.3 is 5.97 Å². The van der Waals surface area contributed by atoms with Gasteiger partial charge in [0, 0.05) is 12.8 Å². The summed E-state index contributed by atoms with van der Waals surface area (Å²) in [5, 5.41) is 12.0. The number of methoxy groups -OCH3 is 1. The first-order valence-electron chi connectivity index (χ1n) is 5.74. The van der Waals surface area contributed by atoms with Crippen LogP contribution in [-0.4, -0.2) is 30.6 Å². The smallest absolute Gasteiger partial charge is 0.337 e. The highest BCUT2D eigenvalue weighted by Gasteiger charge is 2.21. The van der Waals surface area contributed by atoms with Crippen LogP contribution in [0.1, 0.15) is 34.9 Å². The van der Waals surface area contributed by atoms with Crippen LogP contribution in [0.15, 0.2) is 29.4 Å². The predicted octanol–water partition coefficient (Wildman–Crippen LogP) is 2.15. The molecule has 0 spiro atoms. The van der Waals surface area contributed by atoms with Crippen LogP contribution in [0.4, 0.5) is 0 Å². The quantitative estimate of drug-likeness (QED) is 0.495. The molecular weight excluding hydrogens is 234 g/mol. The van der Waals surface area contributed by atoms with Crippen LogP contribution in [0.5, 0.6) is 0 Å². The summed E-state index contributed by atoms with van der Waals surface area (Å²) < 4.78 is 10.3. The van der Waals surface area contributed by atoms with Gasteiger partial charge in [-0.05, 0) is 17.7 Å². The molecule has 0 aliphatic carbocycles. The van der Waals surface area contributed by atoms with E-state index in [1.165, 1.54) is 7.11 Å². The molecule has 5 nitrogen and oxygen atoms in total. The SMILES string of the molecule is COC(=O)c1cccc([C@H]2C/C(=N\O)CCO2)c1. The second-order valence-electron chi connectivity index (χ2n) is 4.10. The van der Waals surface area contributed by atoms with Gasteiger partial charge in [0.2, 0.25) is 0 Å². The van der Waals surface area contributed by atoms with Crippen molar-refractivity contribution in [3.8, 4) is 0 Å². The fourth-order valence-corrected chi connectivity index (χ4v) is 1.98. The number of ether oxygens (including phenoxy) is 2. The minimum absolute atomic E-state index is 0.172. The van der Waals surface area contributed by atoms with E-state index in [0.29, 0.717) is 25.0 Å². The van der Waals surface area contributed by atoms with Gasteiger partial charge in [0.05, 0.1) is 31.1 Å². The predicted molar refractivity (Wildman–Crippen MR) is 64.9 cm³/mol. The van der Waals surface area contributed by atoms with Gasteiger partial charge in [-0.1, -0.05) is 17.3 Å². The molecule has 1 saturated heterocycles.